The number of likely N-dealkylation sites (N-methyl/N-ethyl adjacent to an activating group) is 2. The Morgan fingerprint density at radius 1 is 1.29 bits per heavy atom. The van der Waals surface area contributed by atoms with E-state index in [9.17, 15) is 14.0 Å². The molecule has 1 amide bonds. The van der Waals surface area contributed by atoms with Gasteiger partial charge in [-0.1, -0.05) is 0 Å². The number of hydrogen-bond acceptors (Lipinski definition) is 4. The number of aromatic carboxylic acids is 1. The van der Waals surface area contributed by atoms with Gasteiger partial charge in [0, 0.05) is 25.8 Å². The van der Waals surface area contributed by atoms with Gasteiger partial charge in [0.1, 0.15) is 5.82 Å². The maximum Gasteiger partial charge on any atom is 0.337 e. The summed E-state index contributed by atoms with van der Waals surface area (Å²) in [5.74, 6) is -2.06. The first-order chi connectivity index (χ1) is 9.81. The van der Waals surface area contributed by atoms with Gasteiger partial charge in [0.05, 0.1) is 17.8 Å². The lowest BCUT2D eigenvalue weighted by Gasteiger charge is -2.25. The van der Waals surface area contributed by atoms with E-state index >= 15 is 0 Å². The van der Waals surface area contributed by atoms with Crippen LogP contribution >= 0.6 is 0 Å². The van der Waals surface area contributed by atoms with Gasteiger partial charge in [-0.15, -0.1) is 0 Å². The number of nitrogen functional groups attached to an aromatic ring is 1. The van der Waals surface area contributed by atoms with Gasteiger partial charge in [-0.3, -0.25) is 4.79 Å². The molecule has 0 radical (unpaired) electrons. The third kappa shape index (κ3) is 3.84. The summed E-state index contributed by atoms with van der Waals surface area (Å²) >= 11 is 0. The molecule has 0 aromatic heterocycles. The second kappa shape index (κ2) is 6.92. The summed E-state index contributed by atoms with van der Waals surface area (Å²) < 4.78 is 13.9. The monoisotopic (exact) mass is 297 g/mol. The van der Waals surface area contributed by atoms with Crippen LogP contribution in [-0.2, 0) is 4.79 Å². The summed E-state index contributed by atoms with van der Waals surface area (Å²) in [5.41, 5.74) is 5.17. The Bertz CT molecular complexity index is 545. The van der Waals surface area contributed by atoms with Crippen molar-refractivity contribution in [1.29, 1.82) is 0 Å². The highest BCUT2D eigenvalue weighted by molar-refractivity contribution is 5.95. The summed E-state index contributed by atoms with van der Waals surface area (Å²) in [7, 11) is 1.53. The van der Waals surface area contributed by atoms with Crippen molar-refractivity contribution in [3.63, 3.8) is 0 Å². The molecule has 6 nitrogen and oxygen atoms in total. The second-order valence-corrected chi connectivity index (χ2v) is 4.62. The molecule has 1 aromatic rings. The van der Waals surface area contributed by atoms with Crippen LogP contribution in [0.15, 0.2) is 12.1 Å². The number of nitrogens with two attached hydrogens (primary N) is 1. The van der Waals surface area contributed by atoms with Crippen molar-refractivity contribution in [2.45, 2.75) is 13.8 Å². The fourth-order valence-electron chi connectivity index (χ4n) is 2.02. The Balaban J connectivity index is 3.02. The molecule has 0 saturated carbocycles. The number of nitrogens with zero attached hydrogens (tertiary/aromatic N) is 2. The molecule has 116 valence electrons. The highest BCUT2D eigenvalue weighted by atomic mass is 19.1. The Kier molecular flexibility index (Phi) is 5.52. The molecule has 0 unspecified atom stereocenters. The second-order valence-electron chi connectivity index (χ2n) is 4.62. The van der Waals surface area contributed by atoms with Crippen LogP contribution in [0.3, 0.4) is 0 Å². The van der Waals surface area contributed by atoms with Crippen LogP contribution in [-0.4, -0.2) is 48.6 Å². The minimum atomic E-state index is -1.24. The van der Waals surface area contributed by atoms with E-state index in [1.807, 2.05) is 13.8 Å². The number of carbonyl (C=O) groups excluding carboxylic acids is 1. The molecule has 1 rings (SSSR count). The summed E-state index contributed by atoms with van der Waals surface area (Å²) in [4.78, 5) is 26.0. The first kappa shape index (κ1) is 16.7. The lowest BCUT2D eigenvalue weighted by atomic mass is 10.1. The largest absolute Gasteiger partial charge is 0.478 e. The standard InChI is InChI=1S/C14H20FN3O3/c1-4-18(5-2)13(19)8-17(3)12-6-9(14(20)21)11(16)7-10(12)15/h6-7H,4-5,8,16H2,1-3H3,(H,20,21). The van der Waals surface area contributed by atoms with E-state index in [0.717, 1.165) is 12.1 Å². The molecule has 21 heavy (non-hydrogen) atoms. The van der Waals surface area contributed by atoms with Crippen molar-refractivity contribution in [1.82, 2.24) is 4.90 Å². The van der Waals surface area contributed by atoms with Gasteiger partial charge < -0.3 is 20.6 Å². The van der Waals surface area contributed by atoms with Gasteiger partial charge in [0.25, 0.3) is 0 Å². The van der Waals surface area contributed by atoms with Crippen LogP contribution < -0.4 is 10.6 Å². The maximum absolute atomic E-state index is 13.9. The number of carboxylic acid groups (broad SMARTS) is 1. The number of carboxylic acids is 1. The van der Waals surface area contributed by atoms with Crippen LogP contribution in [0, 0.1) is 5.82 Å². The quantitative estimate of drug-likeness (QED) is 0.775. The molecular formula is C14H20FN3O3. The third-order valence-electron chi connectivity index (χ3n) is 3.25. The zero-order valence-electron chi connectivity index (χ0n) is 12.4. The smallest absolute Gasteiger partial charge is 0.337 e. The molecule has 0 spiro atoms. The average Bonchev–Trinajstić information content (AvgIpc) is 2.39. The predicted molar refractivity (Wildman–Crippen MR) is 79.0 cm³/mol. The molecule has 0 aliphatic heterocycles. The third-order valence-corrected chi connectivity index (χ3v) is 3.25. The van der Waals surface area contributed by atoms with Gasteiger partial charge in [0.2, 0.25) is 5.91 Å². The van der Waals surface area contributed by atoms with Gasteiger partial charge in [-0.05, 0) is 26.0 Å². The van der Waals surface area contributed by atoms with Gasteiger partial charge in [-0.25, -0.2) is 9.18 Å². The molecule has 0 heterocycles. The van der Waals surface area contributed by atoms with E-state index < -0.39 is 11.8 Å². The lowest BCUT2D eigenvalue weighted by Crippen LogP contribution is -2.39. The number of anilines is 2. The average molecular weight is 297 g/mol. The van der Waals surface area contributed by atoms with Crippen molar-refractivity contribution in [3.05, 3.63) is 23.5 Å². The highest BCUT2D eigenvalue weighted by Gasteiger charge is 2.19. The number of benzene rings is 1. The van der Waals surface area contributed by atoms with Crippen LogP contribution in [0.5, 0.6) is 0 Å². The van der Waals surface area contributed by atoms with Gasteiger partial charge >= 0.3 is 5.97 Å². The first-order valence-electron chi connectivity index (χ1n) is 6.63. The van der Waals surface area contributed by atoms with Crippen molar-refractivity contribution >= 4 is 23.3 Å². The van der Waals surface area contributed by atoms with Crippen LogP contribution in [0.4, 0.5) is 15.8 Å². The molecule has 0 saturated heterocycles. The topological polar surface area (TPSA) is 86.9 Å². The van der Waals surface area contributed by atoms with E-state index in [2.05, 4.69) is 0 Å². The zero-order valence-corrected chi connectivity index (χ0v) is 12.4. The molecular weight excluding hydrogens is 277 g/mol. The lowest BCUT2D eigenvalue weighted by molar-refractivity contribution is -0.129. The van der Waals surface area contributed by atoms with Gasteiger partial charge in [-0.2, -0.15) is 0 Å². The van der Waals surface area contributed by atoms with E-state index in [1.54, 1.807) is 4.90 Å². The van der Waals surface area contributed by atoms with E-state index in [4.69, 9.17) is 10.8 Å². The van der Waals surface area contributed by atoms with Crippen molar-refractivity contribution < 1.29 is 19.1 Å². The zero-order chi connectivity index (χ0) is 16.2. The number of rotatable bonds is 6. The minimum absolute atomic E-state index is 0.0297. The Labute approximate surface area is 122 Å². The molecule has 3 N–H and O–H groups in total. The molecule has 0 bridgehead atoms. The Morgan fingerprint density at radius 2 is 1.86 bits per heavy atom. The molecule has 0 aliphatic rings. The number of halogens is 1. The molecule has 0 aliphatic carbocycles. The maximum atomic E-state index is 13.9. The van der Waals surface area contributed by atoms with Crippen LogP contribution in [0.1, 0.15) is 24.2 Å². The highest BCUT2D eigenvalue weighted by Crippen LogP contribution is 2.24. The summed E-state index contributed by atoms with van der Waals surface area (Å²) in [5, 5.41) is 9.01. The van der Waals surface area contributed by atoms with Crippen molar-refractivity contribution in [3.8, 4) is 0 Å². The molecule has 7 heteroatoms. The Hall–Kier alpha value is -2.31. The van der Waals surface area contributed by atoms with Crippen LogP contribution in [0.2, 0.25) is 0 Å². The van der Waals surface area contributed by atoms with Gasteiger partial charge in [0.15, 0.2) is 0 Å². The summed E-state index contributed by atoms with van der Waals surface area (Å²) in [6.45, 7) is 4.80. The Morgan fingerprint density at radius 3 is 2.33 bits per heavy atom. The molecule has 0 fully saturated rings. The fourth-order valence-corrected chi connectivity index (χ4v) is 2.02. The fraction of sp³-hybridized carbons (Fsp3) is 0.429. The molecule has 1 aromatic carbocycles. The number of hydrogen-bond donors (Lipinski definition) is 2. The number of amides is 1. The SMILES string of the molecule is CCN(CC)C(=O)CN(C)c1cc(C(=O)O)c(N)cc1F. The van der Waals surface area contributed by atoms with E-state index in [-0.39, 0.29) is 29.4 Å². The first-order valence-corrected chi connectivity index (χ1v) is 6.63. The minimum Gasteiger partial charge on any atom is -0.478 e. The van der Waals surface area contributed by atoms with E-state index in [0.29, 0.717) is 13.1 Å². The predicted octanol–water partition coefficient (Wildman–Crippen LogP) is 1.41. The van der Waals surface area contributed by atoms with Crippen molar-refractivity contribution in [2.75, 3.05) is 37.3 Å². The van der Waals surface area contributed by atoms with Crippen LogP contribution in [0.25, 0.3) is 0 Å². The molecule has 0 atom stereocenters. The normalized spacial score (nSPS) is 10.3. The van der Waals surface area contributed by atoms with E-state index in [1.165, 1.54) is 11.9 Å². The van der Waals surface area contributed by atoms with Crippen molar-refractivity contribution in [2.24, 2.45) is 0 Å². The summed E-state index contributed by atoms with van der Waals surface area (Å²) in [6, 6.07) is 2.10. The summed E-state index contributed by atoms with van der Waals surface area (Å²) in [6.07, 6.45) is 0. The number of carbonyl (C=O) groups is 2.